The second kappa shape index (κ2) is 5.82. The Morgan fingerprint density at radius 2 is 2.06 bits per heavy atom. The number of aliphatic carboxylic acids is 1. The molecule has 1 amide bonds. The zero-order chi connectivity index (χ0) is 13.9. The van der Waals surface area contributed by atoms with Crippen LogP contribution in [0, 0.1) is 5.82 Å². The maximum absolute atomic E-state index is 13.5. The number of carbonyl (C=O) groups is 2. The van der Waals surface area contributed by atoms with Gasteiger partial charge in [-0.05, 0) is 32.0 Å². The van der Waals surface area contributed by atoms with Crippen molar-refractivity contribution in [3.63, 3.8) is 0 Å². The minimum Gasteiger partial charge on any atom is -0.480 e. The summed E-state index contributed by atoms with van der Waals surface area (Å²) in [5, 5.41) is 8.96. The van der Waals surface area contributed by atoms with E-state index in [2.05, 4.69) is 0 Å². The molecule has 1 N–H and O–H groups in total. The van der Waals surface area contributed by atoms with Gasteiger partial charge >= 0.3 is 5.97 Å². The molecule has 0 saturated heterocycles. The molecular weight excluding hydrogens is 261 g/mol. The summed E-state index contributed by atoms with van der Waals surface area (Å²) in [4.78, 5) is 23.8. The number of benzene rings is 1. The molecule has 0 spiro atoms. The number of halogens is 2. The highest BCUT2D eigenvalue weighted by Crippen LogP contribution is 2.17. The Balaban J connectivity index is 3.09. The molecule has 0 aliphatic carbocycles. The van der Waals surface area contributed by atoms with Gasteiger partial charge in [-0.25, -0.2) is 4.39 Å². The van der Waals surface area contributed by atoms with Crippen LogP contribution in [-0.2, 0) is 4.79 Å². The number of rotatable bonds is 4. The first kappa shape index (κ1) is 14.4. The summed E-state index contributed by atoms with van der Waals surface area (Å²) in [7, 11) is 0. The molecule has 4 nitrogen and oxygen atoms in total. The van der Waals surface area contributed by atoms with Crippen molar-refractivity contribution in [1.29, 1.82) is 0 Å². The topological polar surface area (TPSA) is 57.6 Å². The van der Waals surface area contributed by atoms with E-state index in [0.717, 1.165) is 11.0 Å². The molecule has 0 aliphatic heterocycles. The summed E-state index contributed by atoms with van der Waals surface area (Å²) < 4.78 is 13.5. The van der Waals surface area contributed by atoms with Gasteiger partial charge in [-0.15, -0.1) is 0 Å². The molecule has 0 fully saturated rings. The van der Waals surface area contributed by atoms with Gasteiger partial charge < -0.3 is 10.0 Å². The molecule has 98 valence electrons. The second-order valence-electron chi connectivity index (χ2n) is 4.04. The Morgan fingerprint density at radius 1 is 1.44 bits per heavy atom. The molecule has 1 aromatic rings. The predicted molar refractivity (Wildman–Crippen MR) is 65.2 cm³/mol. The van der Waals surface area contributed by atoms with E-state index in [-0.39, 0.29) is 16.6 Å². The molecule has 6 heteroatoms. The van der Waals surface area contributed by atoms with E-state index in [0.29, 0.717) is 0 Å². The molecule has 1 rings (SSSR count). The Kier molecular flexibility index (Phi) is 4.67. The maximum atomic E-state index is 13.5. The fraction of sp³-hybridized carbons (Fsp3) is 0.333. The lowest BCUT2D eigenvalue weighted by Gasteiger charge is -2.25. The summed E-state index contributed by atoms with van der Waals surface area (Å²) in [5.74, 6) is -2.56. The van der Waals surface area contributed by atoms with Gasteiger partial charge in [-0.1, -0.05) is 11.6 Å². The number of nitrogens with zero attached hydrogens (tertiary/aromatic N) is 1. The molecule has 0 unspecified atom stereocenters. The molecule has 0 bridgehead atoms. The summed E-state index contributed by atoms with van der Waals surface area (Å²) in [5.41, 5.74) is -0.225. The van der Waals surface area contributed by atoms with Crippen LogP contribution >= 0.6 is 11.6 Å². The van der Waals surface area contributed by atoms with Crippen LogP contribution in [0.4, 0.5) is 4.39 Å². The van der Waals surface area contributed by atoms with Crippen LogP contribution in [0.1, 0.15) is 24.2 Å². The molecule has 18 heavy (non-hydrogen) atoms. The zero-order valence-corrected chi connectivity index (χ0v) is 10.7. The monoisotopic (exact) mass is 273 g/mol. The van der Waals surface area contributed by atoms with Crippen LogP contribution in [0.25, 0.3) is 0 Å². The van der Waals surface area contributed by atoms with Crippen LogP contribution < -0.4 is 0 Å². The third kappa shape index (κ3) is 3.43. The van der Waals surface area contributed by atoms with Crippen LogP contribution in [0.15, 0.2) is 18.2 Å². The number of carboxylic acid groups (broad SMARTS) is 1. The predicted octanol–water partition coefficient (Wildman–Crippen LogP) is 2.41. The molecule has 0 atom stereocenters. The molecule has 0 aliphatic rings. The quantitative estimate of drug-likeness (QED) is 0.916. The van der Waals surface area contributed by atoms with Gasteiger partial charge in [0.05, 0.1) is 5.56 Å². The Hall–Kier alpha value is -1.62. The van der Waals surface area contributed by atoms with Crippen molar-refractivity contribution in [1.82, 2.24) is 4.90 Å². The highest BCUT2D eigenvalue weighted by Gasteiger charge is 2.23. The number of amides is 1. The number of carboxylic acids is 1. The van der Waals surface area contributed by atoms with Gasteiger partial charge in [0.1, 0.15) is 12.4 Å². The van der Waals surface area contributed by atoms with Gasteiger partial charge in [-0.2, -0.15) is 0 Å². The third-order valence-electron chi connectivity index (χ3n) is 2.35. The molecule has 0 saturated carbocycles. The normalized spacial score (nSPS) is 10.5. The van der Waals surface area contributed by atoms with E-state index in [9.17, 15) is 14.0 Å². The fourth-order valence-electron chi connectivity index (χ4n) is 1.45. The molecule has 0 heterocycles. The van der Waals surface area contributed by atoms with Crippen LogP contribution in [-0.4, -0.2) is 34.5 Å². The lowest BCUT2D eigenvalue weighted by Crippen LogP contribution is -2.41. The van der Waals surface area contributed by atoms with E-state index < -0.39 is 24.2 Å². The van der Waals surface area contributed by atoms with E-state index in [4.69, 9.17) is 16.7 Å². The SMILES string of the molecule is CC(C)N(CC(=O)O)C(=O)c1cc(Cl)ccc1F. The number of hydrogen-bond acceptors (Lipinski definition) is 2. The fourth-order valence-corrected chi connectivity index (χ4v) is 1.62. The van der Waals surface area contributed by atoms with E-state index in [1.807, 2.05) is 0 Å². The smallest absolute Gasteiger partial charge is 0.323 e. The Bertz CT molecular complexity index is 476. The first-order valence-corrected chi connectivity index (χ1v) is 5.68. The van der Waals surface area contributed by atoms with Crippen molar-refractivity contribution in [3.05, 3.63) is 34.6 Å². The molecular formula is C12H13ClFNO3. The van der Waals surface area contributed by atoms with Gasteiger partial charge in [0.2, 0.25) is 0 Å². The van der Waals surface area contributed by atoms with Crippen LogP contribution in [0.3, 0.4) is 0 Å². The zero-order valence-electron chi connectivity index (χ0n) is 9.98. The van der Waals surface area contributed by atoms with E-state index in [1.165, 1.54) is 12.1 Å². The van der Waals surface area contributed by atoms with E-state index >= 15 is 0 Å². The van der Waals surface area contributed by atoms with Gasteiger partial charge in [-0.3, -0.25) is 9.59 Å². The van der Waals surface area contributed by atoms with Gasteiger partial charge in [0.15, 0.2) is 0 Å². The highest BCUT2D eigenvalue weighted by molar-refractivity contribution is 6.31. The molecule has 0 radical (unpaired) electrons. The molecule has 0 aromatic heterocycles. The minimum absolute atomic E-state index is 0.221. The summed E-state index contributed by atoms with van der Waals surface area (Å²) in [6.07, 6.45) is 0. The Labute approximate surface area is 109 Å². The maximum Gasteiger partial charge on any atom is 0.323 e. The third-order valence-corrected chi connectivity index (χ3v) is 2.58. The Morgan fingerprint density at radius 3 is 2.56 bits per heavy atom. The lowest BCUT2D eigenvalue weighted by molar-refractivity contribution is -0.138. The van der Waals surface area contributed by atoms with Crippen molar-refractivity contribution in [2.45, 2.75) is 19.9 Å². The first-order chi connectivity index (χ1) is 8.32. The van der Waals surface area contributed by atoms with Gasteiger partial charge in [0, 0.05) is 11.1 Å². The lowest BCUT2D eigenvalue weighted by atomic mass is 10.1. The first-order valence-electron chi connectivity index (χ1n) is 5.30. The average molecular weight is 274 g/mol. The van der Waals surface area contributed by atoms with Crippen molar-refractivity contribution in [2.75, 3.05) is 6.54 Å². The average Bonchev–Trinajstić information content (AvgIpc) is 2.27. The molecule has 1 aromatic carbocycles. The number of carbonyl (C=O) groups excluding carboxylic acids is 1. The summed E-state index contributed by atoms with van der Waals surface area (Å²) in [6.45, 7) is 2.83. The van der Waals surface area contributed by atoms with E-state index in [1.54, 1.807) is 13.8 Å². The summed E-state index contributed by atoms with van der Waals surface area (Å²) in [6, 6.07) is 3.24. The van der Waals surface area contributed by atoms with Crippen molar-refractivity contribution < 1.29 is 19.1 Å². The van der Waals surface area contributed by atoms with Crippen LogP contribution in [0.5, 0.6) is 0 Å². The highest BCUT2D eigenvalue weighted by atomic mass is 35.5. The van der Waals surface area contributed by atoms with Crippen molar-refractivity contribution >= 4 is 23.5 Å². The van der Waals surface area contributed by atoms with Crippen LogP contribution in [0.2, 0.25) is 5.02 Å². The number of hydrogen-bond donors (Lipinski definition) is 1. The van der Waals surface area contributed by atoms with Crippen molar-refractivity contribution in [3.8, 4) is 0 Å². The van der Waals surface area contributed by atoms with Gasteiger partial charge in [0.25, 0.3) is 5.91 Å². The minimum atomic E-state index is -1.15. The second-order valence-corrected chi connectivity index (χ2v) is 4.48. The standard InChI is InChI=1S/C12H13ClFNO3/c1-7(2)15(6-11(16)17)12(18)9-5-8(13)3-4-10(9)14/h3-5,7H,6H2,1-2H3,(H,16,17). The largest absolute Gasteiger partial charge is 0.480 e. The summed E-state index contributed by atoms with van der Waals surface area (Å²) >= 11 is 5.70. The van der Waals surface area contributed by atoms with Crippen molar-refractivity contribution in [2.24, 2.45) is 0 Å².